The Morgan fingerprint density at radius 2 is 2.36 bits per heavy atom. The van der Waals surface area contributed by atoms with Gasteiger partial charge in [0.1, 0.15) is 0 Å². The molecule has 1 saturated heterocycles. The topological polar surface area (TPSA) is 57.7 Å². The molecule has 1 fully saturated rings. The number of thiazole rings is 1. The van der Waals surface area contributed by atoms with Crippen LogP contribution < -0.4 is 0 Å². The van der Waals surface area contributed by atoms with E-state index in [0.717, 1.165) is 24.1 Å². The van der Waals surface area contributed by atoms with Gasteiger partial charge in [-0.05, 0) is 38.4 Å². The van der Waals surface area contributed by atoms with Crippen molar-refractivity contribution in [3.8, 4) is 0 Å². The Balaban J connectivity index is 1.51. The summed E-state index contributed by atoms with van der Waals surface area (Å²) in [5.41, 5.74) is 5.19. The number of aryl methyl sites for hydroxylation is 1. The largest absolute Gasteiger partial charge is 0.298 e. The molecule has 0 aliphatic carbocycles. The summed E-state index contributed by atoms with van der Waals surface area (Å²) in [5.74, 6) is 0.509. The van der Waals surface area contributed by atoms with E-state index in [1.54, 1.807) is 11.3 Å². The Labute approximate surface area is 133 Å². The molecular formula is C16H19N5S. The van der Waals surface area contributed by atoms with E-state index in [2.05, 4.69) is 39.1 Å². The van der Waals surface area contributed by atoms with Gasteiger partial charge in [-0.2, -0.15) is 5.10 Å². The molecule has 1 aliphatic rings. The molecule has 114 valence electrons. The highest BCUT2D eigenvalue weighted by Crippen LogP contribution is 2.28. The van der Waals surface area contributed by atoms with Gasteiger partial charge in [0.15, 0.2) is 5.65 Å². The summed E-state index contributed by atoms with van der Waals surface area (Å²) in [6.07, 6.45) is 4.27. The average Bonchev–Trinajstić information content (AvgIpc) is 3.16. The van der Waals surface area contributed by atoms with Crippen LogP contribution >= 0.6 is 11.3 Å². The number of hydrogen-bond donors (Lipinski definition) is 1. The summed E-state index contributed by atoms with van der Waals surface area (Å²) < 4.78 is 0. The minimum atomic E-state index is 0.509. The number of rotatable bonds is 3. The highest BCUT2D eigenvalue weighted by Gasteiger charge is 2.23. The van der Waals surface area contributed by atoms with Crippen molar-refractivity contribution in [1.29, 1.82) is 0 Å². The number of aromatic amines is 1. The summed E-state index contributed by atoms with van der Waals surface area (Å²) in [6, 6.07) is 4.28. The van der Waals surface area contributed by atoms with E-state index < -0.39 is 0 Å². The number of aromatic nitrogens is 4. The van der Waals surface area contributed by atoms with Crippen molar-refractivity contribution in [2.45, 2.75) is 32.2 Å². The van der Waals surface area contributed by atoms with Gasteiger partial charge in [-0.3, -0.25) is 10.00 Å². The van der Waals surface area contributed by atoms with Crippen LogP contribution in [0, 0.1) is 6.92 Å². The molecule has 0 radical (unpaired) electrons. The monoisotopic (exact) mass is 313 g/mol. The first kappa shape index (κ1) is 13.8. The lowest BCUT2D eigenvalue weighted by Crippen LogP contribution is -2.34. The molecule has 0 amide bonds. The van der Waals surface area contributed by atoms with E-state index in [1.165, 1.54) is 35.7 Å². The Morgan fingerprint density at radius 1 is 1.41 bits per heavy atom. The van der Waals surface area contributed by atoms with Crippen LogP contribution in [0.25, 0.3) is 11.0 Å². The molecule has 0 bridgehead atoms. The van der Waals surface area contributed by atoms with Gasteiger partial charge in [-0.25, -0.2) is 9.97 Å². The van der Waals surface area contributed by atoms with E-state index in [9.17, 15) is 0 Å². The average molecular weight is 313 g/mol. The summed E-state index contributed by atoms with van der Waals surface area (Å²) in [5, 5.41) is 8.11. The Morgan fingerprint density at radius 3 is 3.23 bits per heavy atom. The molecule has 0 saturated carbocycles. The second-order valence-corrected chi connectivity index (χ2v) is 6.92. The molecule has 1 atom stereocenters. The van der Waals surface area contributed by atoms with Crippen LogP contribution in [0.4, 0.5) is 0 Å². The molecule has 1 aliphatic heterocycles. The highest BCUT2D eigenvalue weighted by atomic mass is 32.1. The quantitative estimate of drug-likeness (QED) is 0.807. The molecule has 0 unspecified atom stereocenters. The first-order valence-corrected chi connectivity index (χ1v) is 8.59. The third-order valence-electron chi connectivity index (χ3n) is 4.46. The molecular weight excluding hydrogens is 294 g/mol. The van der Waals surface area contributed by atoms with Crippen molar-refractivity contribution < 1.29 is 0 Å². The molecule has 0 aromatic carbocycles. The van der Waals surface area contributed by atoms with Crippen LogP contribution in [0.15, 0.2) is 23.8 Å². The number of nitrogens with zero attached hydrogens (tertiary/aromatic N) is 4. The number of pyridine rings is 1. The standard InChI is InChI=1S/C16H19N5S/c1-11-15(22-10-17-11)9-21-6-2-3-13(8-21)14-5-4-12-7-18-20-16(12)19-14/h4-5,7,10,13H,2-3,6,8-9H2,1H3,(H,18,19,20)/t13-/m0/s1. The van der Waals surface area contributed by atoms with Crippen LogP contribution in [0.3, 0.4) is 0 Å². The number of hydrogen-bond acceptors (Lipinski definition) is 5. The van der Waals surface area contributed by atoms with Crippen molar-refractivity contribution >= 4 is 22.4 Å². The Kier molecular flexibility index (Phi) is 3.63. The normalized spacial score (nSPS) is 19.8. The van der Waals surface area contributed by atoms with Gasteiger partial charge in [0, 0.05) is 35.0 Å². The van der Waals surface area contributed by atoms with Gasteiger partial charge >= 0.3 is 0 Å². The predicted molar refractivity (Wildman–Crippen MR) is 88.0 cm³/mol. The lowest BCUT2D eigenvalue weighted by molar-refractivity contribution is 0.200. The molecule has 3 aromatic heterocycles. The van der Waals surface area contributed by atoms with Crippen LogP contribution in [0.5, 0.6) is 0 Å². The van der Waals surface area contributed by atoms with Crippen molar-refractivity contribution in [2.24, 2.45) is 0 Å². The smallest absolute Gasteiger partial charge is 0.155 e. The molecule has 22 heavy (non-hydrogen) atoms. The zero-order valence-corrected chi connectivity index (χ0v) is 13.4. The van der Waals surface area contributed by atoms with Crippen LogP contribution in [-0.2, 0) is 6.54 Å². The van der Waals surface area contributed by atoms with E-state index in [4.69, 9.17) is 4.98 Å². The van der Waals surface area contributed by atoms with Crippen LogP contribution in [0.1, 0.15) is 35.0 Å². The number of nitrogens with one attached hydrogen (secondary N) is 1. The summed E-state index contributed by atoms with van der Waals surface area (Å²) in [7, 11) is 0. The van der Waals surface area contributed by atoms with Gasteiger partial charge in [0.05, 0.1) is 17.4 Å². The highest BCUT2D eigenvalue weighted by molar-refractivity contribution is 7.09. The van der Waals surface area contributed by atoms with Crippen molar-refractivity contribution in [1.82, 2.24) is 25.1 Å². The Bertz CT molecular complexity index is 778. The number of piperidine rings is 1. The Hall–Kier alpha value is -1.79. The lowest BCUT2D eigenvalue weighted by atomic mass is 9.94. The fourth-order valence-corrected chi connectivity index (χ4v) is 4.01. The molecule has 6 heteroatoms. The molecule has 3 aromatic rings. The number of fused-ring (bicyclic) bond motifs is 1. The van der Waals surface area contributed by atoms with Gasteiger partial charge in [-0.1, -0.05) is 0 Å². The van der Waals surface area contributed by atoms with E-state index >= 15 is 0 Å². The zero-order chi connectivity index (χ0) is 14.9. The van der Waals surface area contributed by atoms with Crippen molar-refractivity contribution in [3.63, 3.8) is 0 Å². The number of H-pyrrole nitrogens is 1. The first-order chi connectivity index (χ1) is 10.8. The van der Waals surface area contributed by atoms with Crippen molar-refractivity contribution in [2.75, 3.05) is 13.1 Å². The SMILES string of the molecule is Cc1ncsc1CN1CCC[C@H](c2ccc3cn[nH]c3n2)C1. The van der Waals surface area contributed by atoms with Gasteiger partial charge in [-0.15, -0.1) is 11.3 Å². The number of likely N-dealkylation sites (tertiary alicyclic amines) is 1. The zero-order valence-electron chi connectivity index (χ0n) is 12.6. The molecule has 4 heterocycles. The van der Waals surface area contributed by atoms with E-state index in [1.807, 2.05) is 11.7 Å². The predicted octanol–water partition coefficient (Wildman–Crippen LogP) is 3.10. The molecule has 4 rings (SSSR count). The third-order valence-corrected chi connectivity index (χ3v) is 5.38. The van der Waals surface area contributed by atoms with E-state index in [-0.39, 0.29) is 0 Å². The van der Waals surface area contributed by atoms with Crippen LogP contribution in [-0.4, -0.2) is 38.2 Å². The van der Waals surface area contributed by atoms with Gasteiger partial charge in [0.2, 0.25) is 0 Å². The minimum absolute atomic E-state index is 0.509. The summed E-state index contributed by atoms with van der Waals surface area (Å²) in [4.78, 5) is 13.0. The lowest BCUT2D eigenvalue weighted by Gasteiger charge is -2.32. The van der Waals surface area contributed by atoms with E-state index in [0.29, 0.717) is 5.92 Å². The summed E-state index contributed by atoms with van der Waals surface area (Å²) in [6.45, 7) is 5.35. The second-order valence-electron chi connectivity index (χ2n) is 5.98. The fourth-order valence-electron chi connectivity index (χ4n) is 3.19. The molecule has 5 nitrogen and oxygen atoms in total. The summed E-state index contributed by atoms with van der Waals surface area (Å²) >= 11 is 1.76. The van der Waals surface area contributed by atoms with Crippen molar-refractivity contribution in [3.05, 3.63) is 40.1 Å². The van der Waals surface area contributed by atoms with Gasteiger partial charge < -0.3 is 0 Å². The second kappa shape index (κ2) is 5.78. The first-order valence-electron chi connectivity index (χ1n) is 7.71. The fraction of sp³-hybridized carbons (Fsp3) is 0.438. The van der Waals surface area contributed by atoms with Gasteiger partial charge in [0.25, 0.3) is 0 Å². The van der Waals surface area contributed by atoms with Crippen LogP contribution in [0.2, 0.25) is 0 Å². The maximum atomic E-state index is 4.75. The maximum Gasteiger partial charge on any atom is 0.155 e. The molecule has 1 N–H and O–H groups in total. The maximum absolute atomic E-state index is 4.75. The minimum Gasteiger partial charge on any atom is -0.298 e. The molecule has 0 spiro atoms. The third kappa shape index (κ3) is 2.64.